The van der Waals surface area contributed by atoms with E-state index in [1.165, 1.54) is 41.6 Å². The summed E-state index contributed by atoms with van der Waals surface area (Å²) in [6.07, 6.45) is 34.8. The summed E-state index contributed by atoms with van der Waals surface area (Å²) in [4.78, 5) is 12.2. The smallest absolute Gasteiger partial charge is 0.222 e. The average molecular weight is 565 g/mol. The van der Waals surface area contributed by atoms with Gasteiger partial charge in [0.15, 0.2) is 5.76 Å². The van der Waals surface area contributed by atoms with E-state index < -0.39 is 0 Å². The van der Waals surface area contributed by atoms with Gasteiger partial charge in [-0.05, 0) is 83.4 Å². The Morgan fingerprint density at radius 1 is 0.714 bits per heavy atom. The maximum atomic E-state index is 12.2. The molecular weight excluding hydrogens is 512 g/mol. The van der Waals surface area contributed by atoms with Crippen molar-refractivity contribution in [2.45, 2.75) is 88.5 Å². The maximum absolute atomic E-state index is 12.2. The molecule has 2 rings (SSSR count). The summed E-state index contributed by atoms with van der Waals surface area (Å²) in [5, 5.41) is 9.89. The van der Waals surface area contributed by atoms with Crippen LogP contribution in [0.4, 0.5) is 0 Å². The number of carbonyl (C=O) groups excluding carboxylic acids is 1. The van der Waals surface area contributed by atoms with Gasteiger partial charge in [0.2, 0.25) is 5.78 Å². The number of carbonyl (C=O) groups is 1. The Labute approximate surface area is 256 Å². The molecule has 2 nitrogen and oxygen atoms in total. The largest absolute Gasteiger partial charge is 0.504 e. The fraction of sp³-hybridized carbons (Fsp3) is 0.375. The number of aliphatic hydroxyl groups excluding tert-OH is 1. The standard InChI is InChI=1S/C40H52O2/c1-29(18-13-20-31(3)23-25-35-33(5)22-15-27-39(35,7)8)16-11-12-17-30(2)19-14-21-32(4)24-26-36-34(6)38(42)37(41)28-40(36,9)10/h11-14,16-21,23-26,28,41H,15,22,27H2,1-10H3. The lowest BCUT2D eigenvalue weighted by atomic mass is 9.72. The minimum atomic E-state index is -0.390. The molecule has 0 atom stereocenters. The molecule has 1 N–H and O–H groups in total. The van der Waals surface area contributed by atoms with Gasteiger partial charge in [0.25, 0.3) is 0 Å². The Morgan fingerprint density at radius 2 is 1.17 bits per heavy atom. The highest BCUT2D eigenvalue weighted by Crippen LogP contribution is 2.41. The molecule has 0 aromatic heterocycles. The van der Waals surface area contributed by atoms with Gasteiger partial charge in [-0.15, -0.1) is 0 Å². The lowest BCUT2D eigenvalue weighted by molar-refractivity contribution is -0.114. The molecule has 0 unspecified atom stereocenters. The number of hydrogen-bond donors (Lipinski definition) is 1. The zero-order valence-electron chi connectivity index (χ0n) is 27.6. The van der Waals surface area contributed by atoms with Crippen LogP contribution in [0.1, 0.15) is 88.5 Å². The summed E-state index contributed by atoms with van der Waals surface area (Å²) in [7, 11) is 0. The first-order valence-corrected chi connectivity index (χ1v) is 15.1. The van der Waals surface area contributed by atoms with E-state index >= 15 is 0 Å². The molecule has 0 fully saturated rings. The number of rotatable bonds is 10. The van der Waals surface area contributed by atoms with Gasteiger partial charge in [-0.2, -0.15) is 0 Å². The molecule has 0 spiro atoms. The van der Waals surface area contributed by atoms with Crippen LogP contribution in [-0.4, -0.2) is 10.9 Å². The van der Waals surface area contributed by atoms with Crippen molar-refractivity contribution >= 4 is 5.78 Å². The average Bonchev–Trinajstić information content (AvgIpc) is 2.88. The van der Waals surface area contributed by atoms with E-state index in [1.807, 2.05) is 45.1 Å². The van der Waals surface area contributed by atoms with E-state index in [0.717, 1.165) is 16.7 Å². The van der Waals surface area contributed by atoms with Crippen LogP contribution in [0.25, 0.3) is 0 Å². The molecule has 2 aliphatic carbocycles. The van der Waals surface area contributed by atoms with Crippen LogP contribution in [0.5, 0.6) is 0 Å². The van der Waals surface area contributed by atoms with Crippen molar-refractivity contribution in [2.24, 2.45) is 10.8 Å². The van der Waals surface area contributed by atoms with E-state index in [2.05, 4.69) is 102 Å². The normalized spacial score (nSPS) is 21.4. The molecule has 0 aromatic carbocycles. The molecule has 0 saturated carbocycles. The molecule has 0 radical (unpaired) electrons. The van der Waals surface area contributed by atoms with Crippen LogP contribution < -0.4 is 0 Å². The number of hydrogen-bond acceptors (Lipinski definition) is 2. The van der Waals surface area contributed by atoms with Gasteiger partial charge in [-0.1, -0.05) is 141 Å². The molecule has 42 heavy (non-hydrogen) atoms. The van der Waals surface area contributed by atoms with E-state index in [-0.39, 0.29) is 22.4 Å². The Hall–Kier alpha value is -3.65. The topological polar surface area (TPSA) is 37.3 Å². The monoisotopic (exact) mass is 564 g/mol. The molecule has 0 aliphatic heterocycles. The maximum Gasteiger partial charge on any atom is 0.222 e. The van der Waals surface area contributed by atoms with Gasteiger partial charge >= 0.3 is 0 Å². The molecular formula is C40H52O2. The van der Waals surface area contributed by atoms with E-state index in [0.29, 0.717) is 5.57 Å². The number of ketones is 1. The van der Waals surface area contributed by atoms with Crippen molar-refractivity contribution in [1.82, 2.24) is 0 Å². The quantitative estimate of drug-likeness (QED) is 0.268. The van der Waals surface area contributed by atoms with Crippen LogP contribution in [0, 0.1) is 10.8 Å². The van der Waals surface area contributed by atoms with Crippen molar-refractivity contribution in [1.29, 1.82) is 0 Å². The number of allylic oxidation sites excluding steroid dienone is 23. The fourth-order valence-corrected chi connectivity index (χ4v) is 5.40. The first-order chi connectivity index (χ1) is 19.6. The predicted molar refractivity (Wildman–Crippen MR) is 183 cm³/mol. The Kier molecular flexibility index (Phi) is 12.8. The summed E-state index contributed by atoms with van der Waals surface area (Å²) >= 11 is 0. The van der Waals surface area contributed by atoms with Crippen molar-refractivity contribution in [3.8, 4) is 0 Å². The summed E-state index contributed by atoms with van der Waals surface area (Å²) < 4.78 is 0. The molecule has 2 heteroatoms. The fourth-order valence-electron chi connectivity index (χ4n) is 5.40. The summed E-state index contributed by atoms with van der Waals surface area (Å²) in [6, 6.07) is 0. The highest BCUT2D eigenvalue weighted by atomic mass is 16.3. The number of aliphatic hydroxyl groups is 1. The highest BCUT2D eigenvalue weighted by Gasteiger charge is 2.31. The van der Waals surface area contributed by atoms with Gasteiger partial charge in [0.05, 0.1) is 0 Å². The minimum absolute atomic E-state index is 0.166. The van der Waals surface area contributed by atoms with Crippen LogP contribution in [0.3, 0.4) is 0 Å². The second-order valence-electron chi connectivity index (χ2n) is 13.0. The third-order valence-corrected chi connectivity index (χ3v) is 8.00. The Balaban J connectivity index is 1.92. The predicted octanol–water partition coefficient (Wildman–Crippen LogP) is 11.4. The van der Waals surface area contributed by atoms with E-state index in [1.54, 1.807) is 13.0 Å². The van der Waals surface area contributed by atoms with Gasteiger partial charge in [-0.25, -0.2) is 0 Å². The third-order valence-electron chi connectivity index (χ3n) is 8.00. The SMILES string of the molecule is CC(C=CC=C(C)C=CC1=C(C)C(=O)C(O)=CC1(C)C)=CC=CC=C(C)C=CC=C(C)C=CC1=C(C)CCCC1(C)C. The Bertz CT molecular complexity index is 1390. The summed E-state index contributed by atoms with van der Waals surface area (Å²) in [5.74, 6) is -0.464. The van der Waals surface area contributed by atoms with Crippen LogP contribution in [0.15, 0.2) is 141 Å². The molecule has 2 aliphatic rings. The van der Waals surface area contributed by atoms with Gasteiger partial charge in [-0.3, -0.25) is 4.79 Å². The molecule has 0 amide bonds. The van der Waals surface area contributed by atoms with Crippen LogP contribution in [0.2, 0.25) is 0 Å². The first kappa shape index (κ1) is 34.6. The molecule has 0 aromatic rings. The Morgan fingerprint density at radius 3 is 1.67 bits per heavy atom. The zero-order chi connectivity index (χ0) is 31.5. The third kappa shape index (κ3) is 10.6. The molecule has 224 valence electrons. The molecule has 0 heterocycles. The molecule has 0 saturated heterocycles. The van der Waals surface area contributed by atoms with Gasteiger partial charge in [0, 0.05) is 11.0 Å². The van der Waals surface area contributed by atoms with Crippen molar-refractivity contribution in [3.63, 3.8) is 0 Å². The molecule has 0 bridgehead atoms. The van der Waals surface area contributed by atoms with Crippen molar-refractivity contribution in [2.75, 3.05) is 0 Å². The van der Waals surface area contributed by atoms with Gasteiger partial charge in [0.1, 0.15) is 0 Å². The van der Waals surface area contributed by atoms with Gasteiger partial charge < -0.3 is 5.11 Å². The van der Waals surface area contributed by atoms with Crippen LogP contribution in [-0.2, 0) is 4.79 Å². The lowest BCUT2D eigenvalue weighted by Gasteiger charge is -2.32. The minimum Gasteiger partial charge on any atom is -0.504 e. The highest BCUT2D eigenvalue weighted by molar-refractivity contribution is 6.08. The van der Waals surface area contributed by atoms with E-state index in [4.69, 9.17) is 0 Å². The summed E-state index contributed by atoms with van der Waals surface area (Å²) in [6.45, 7) is 21.1. The number of Topliss-reactive ketones (excluding diaryl/α,β-unsaturated/α-hetero) is 1. The van der Waals surface area contributed by atoms with Crippen molar-refractivity contribution in [3.05, 3.63) is 141 Å². The first-order valence-electron chi connectivity index (χ1n) is 15.1. The van der Waals surface area contributed by atoms with Crippen molar-refractivity contribution < 1.29 is 9.90 Å². The van der Waals surface area contributed by atoms with Crippen LogP contribution >= 0.6 is 0 Å². The second kappa shape index (κ2) is 15.5. The lowest BCUT2D eigenvalue weighted by Crippen LogP contribution is -2.23. The van der Waals surface area contributed by atoms with E-state index in [9.17, 15) is 9.90 Å². The summed E-state index contributed by atoms with van der Waals surface area (Å²) in [5.41, 5.74) is 9.10. The second-order valence-corrected chi connectivity index (χ2v) is 13.0. The zero-order valence-corrected chi connectivity index (χ0v) is 27.6.